The van der Waals surface area contributed by atoms with Crippen molar-refractivity contribution < 1.29 is 4.79 Å². The third-order valence-electron chi connectivity index (χ3n) is 5.08. The molecule has 4 aromatic rings. The summed E-state index contributed by atoms with van der Waals surface area (Å²) < 4.78 is 3.09. The van der Waals surface area contributed by atoms with Gasteiger partial charge in [-0.3, -0.25) is 14.2 Å². The van der Waals surface area contributed by atoms with Crippen LogP contribution in [0.25, 0.3) is 16.7 Å². The molecule has 0 aliphatic carbocycles. The molecule has 0 spiro atoms. The third kappa shape index (κ3) is 4.32. The van der Waals surface area contributed by atoms with Crippen molar-refractivity contribution in [1.82, 2.24) is 19.3 Å². The summed E-state index contributed by atoms with van der Waals surface area (Å²) in [5.41, 5.74) is 4.03. The van der Waals surface area contributed by atoms with Gasteiger partial charge in [-0.05, 0) is 43.3 Å². The number of aryl methyl sites for hydroxylation is 2. The first-order valence-electron chi connectivity index (χ1n) is 10.00. The number of rotatable bonds is 6. The molecule has 1 N–H and O–H groups in total. The number of nitrogens with one attached hydrogen (secondary N) is 1. The van der Waals surface area contributed by atoms with E-state index in [-0.39, 0.29) is 24.4 Å². The van der Waals surface area contributed by atoms with Crippen molar-refractivity contribution in [1.29, 1.82) is 0 Å². The lowest BCUT2D eigenvalue weighted by molar-refractivity contribution is -0.116. The largest absolute Gasteiger partial charge is 0.378 e. The Labute approximate surface area is 179 Å². The standard InChI is InChI=1S/C23H24N6O2/c1-16-4-8-19(9-5-16)29-22-20(14-25-29)23(31)28(15-24-22)13-12-21(30)26-17-6-10-18(11-7-17)27(2)3/h4-11,14-15H,12-13H2,1-3H3,(H,26,30). The molecule has 0 atom stereocenters. The van der Waals surface area contributed by atoms with E-state index in [4.69, 9.17) is 0 Å². The Kier molecular flexibility index (Phi) is 5.53. The van der Waals surface area contributed by atoms with Gasteiger partial charge in [0.1, 0.15) is 5.39 Å². The summed E-state index contributed by atoms with van der Waals surface area (Å²) in [4.78, 5) is 31.6. The van der Waals surface area contributed by atoms with E-state index in [1.54, 1.807) is 4.68 Å². The number of benzene rings is 2. The molecule has 2 aromatic heterocycles. The van der Waals surface area contributed by atoms with Crippen LogP contribution in [0.1, 0.15) is 12.0 Å². The highest BCUT2D eigenvalue weighted by Crippen LogP contribution is 2.16. The normalized spacial score (nSPS) is 10.9. The molecule has 0 radical (unpaired) electrons. The second-order valence-corrected chi connectivity index (χ2v) is 7.61. The van der Waals surface area contributed by atoms with Gasteiger partial charge in [-0.15, -0.1) is 0 Å². The van der Waals surface area contributed by atoms with Crippen molar-refractivity contribution in [2.45, 2.75) is 19.9 Å². The molecule has 0 aliphatic heterocycles. The number of hydrogen-bond acceptors (Lipinski definition) is 5. The summed E-state index contributed by atoms with van der Waals surface area (Å²) in [6.45, 7) is 2.25. The molecule has 2 heterocycles. The van der Waals surface area contributed by atoms with Gasteiger partial charge in [0.15, 0.2) is 5.65 Å². The van der Waals surface area contributed by atoms with E-state index in [1.807, 2.05) is 74.4 Å². The number of hydrogen-bond donors (Lipinski definition) is 1. The van der Waals surface area contributed by atoms with Crippen LogP contribution in [-0.4, -0.2) is 39.3 Å². The van der Waals surface area contributed by atoms with Gasteiger partial charge in [0.2, 0.25) is 5.91 Å². The molecular weight excluding hydrogens is 392 g/mol. The molecule has 8 nitrogen and oxygen atoms in total. The van der Waals surface area contributed by atoms with Crippen LogP contribution in [0.4, 0.5) is 11.4 Å². The quantitative estimate of drug-likeness (QED) is 0.522. The van der Waals surface area contributed by atoms with Crippen molar-refractivity contribution in [2.24, 2.45) is 0 Å². The Morgan fingerprint density at radius 1 is 1.06 bits per heavy atom. The first kappa shape index (κ1) is 20.3. The number of carbonyl (C=O) groups is 1. The van der Waals surface area contributed by atoms with Crippen molar-refractivity contribution in [2.75, 3.05) is 24.3 Å². The summed E-state index contributed by atoms with van der Waals surface area (Å²) in [5.74, 6) is -0.167. The molecule has 158 valence electrons. The van der Waals surface area contributed by atoms with Crippen LogP contribution in [-0.2, 0) is 11.3 Å². The number of anilines is 2. The van der Waals surface area contributed by atoms with Gasteiger partial charge in [-0.2, -0.15) is 5.10 Å². The van der Waals surface area contributed by atoms with E-state index < -0.39 is 0 Å². The third-order valence-corrected chi connectivity index (χ3v) is 5.08. The SMILES string of the molecule is Cc1ccc(-n2ncc3c(=O)n(CCC(=O)Nc4ccc(N(C)C)cc4)cnc32)cc1. The molecule has 0 fully saturated rings. The predicted octanol–water partition coefficient (Wildman–Crippen LogP) is 2.99. The van der Waals surface area contributed by atoms with Crippen LogP contribution in [0.2, 0.25) is 0 Å². The second kappa shape index (κ2) is 8.43. The van der Waals surface area contributed by atoms with Crippen LogP contribution in [0, 0.1) is 6.92 Å². The number of nitrogens with zero attached hydrogens (tertiary/aromatic N) is 5. The first-order valence-corrected chi connectivity index (χ1v) is 10.00. The zero-order valence-electron chi connectivity index (χ0n) is 17.7. The lowest BCUT2D eigenvalue weighted by atomic mass is 10.2. The van der Waals surface area contributed by atoms with Crippen molar-refractivity contribution >= 4 is 28.3 Å². The zero-order valence-corrected chi connectivity index (χ0v) is 17.7. The van der Waals surface area contributed by atoms with Gasteiger partial charge in [-0.1, -0.05) is 17.7 Å². The molecule has 0 saturated carbocycles. The van der Waals surface area contributed by atoms with Crippen LogP contribution in [0.5, 0.6) is 0 Å². The summed E-state index contributed by atoms with van der Waals surface area (Å²) >= 11 is 0. The highest BCUT2D eigenvalue weighted by Gasteiger charge is 2.12. The molecular formula is C23H24N6O2. The maximum Gasteiger partial charge on any atom is 0.264 e. The second-order valence-electron chi connectivity index (χ2n) is 7.61. The van der Waals surface area contributed by atoms with E-state index in [0.717, 1.165) is 22.6 Å². The summed E-state index contributed by atoms with van der Waals surface area (Å²) in [6.07, 6.45) is 3.15. The van der Waals surface area contributed by atoms with Gasteiger partial charge in [-0.25, -0.2) is 9.67 Å². The minimum absolute atomic E-state index is 0.161. The lowest BCUT2D eigenvalue weighted by Crippen LogP contribution is -2.23. The maximum absolute atomic E-state index is 12.8. The van der Waals surface area contributed by atoms with E-state index in [0.29, 0.717) is 11.0 Å². The van der Waals surface area contributed by atoms with E-state index in [1.165, 1.54) is 17.1 Å². The van der Waals surface area contributed by atoms with Crippen molar-refractivity contribution in [3.8, 4) is 5.69 Å². The number of fused-ring (bicyclic) bond motifs is 1. The lowest BCUT2D eigenvalue weighted by Gasteiger charge is -2.13. The Bertz CT molecular complexity index is 1270. The van der Waals surface area contributed by atoms with E-state index in [9.17, 15) is 9.59 Å². The van der Waals surface area contributed by atoms with E-state index in [2.05, 4.69) is 15.4 Å². The van der Waals surface area contributed by atoms with Crippen LogP contribution in [0.3, 0.4) is 0 Å². The van der Waals surface area contributed by atoms with Gasteiger partial charge < -0.3 is 10.2 Å². The predicted molar refractivity (Wildman–Crippen MR) is 122 cm³/mol. The van der Waals surface area contributed by atoms with Crippen LogP contribution < -0.4 is 15.8 Å². The topological polar surface area (TPSA) is 85.0 Å². The summed E-state index contributed by atoms with van der Waals surface area (Å²) in [6, 6.07) is 15.4. The minimum Gasteiger partial charge on any atom is -0.378 e. The molecule has 0 saturated heterocycles. The van der Waals surface area contributed by atoms with Crippen LogP contribution >= 0.6 is 0 Å². The molecule has 31 heavy (non-hydrogen) atoms. The van der Waals surface area contributed by atoms with Crippen molar-refractivity contribution in [3.05, 3.63) is 77.0 Å². The van der Waals surface area contributed by atoms with Gasteiger partial charge in [0.25, 0.3) is 5.56 Å². The smallest absolute Gasteiger partial charge is 0.264 e. The van der Waals surface area contributed by atoms with E-state index >= 15 is 0 Å². The number of carbonyl (C=O) groups excluding carboxylic acids is 1. The van der Waals surface area contributed by atoms with Gasteiger partial charge in [0, 0.05) is 38.4 Å². The average Bonchev–Trinajstić information content (AvgIpc) is 3.19. The molecule has 0 unspecified atom stereocenters. The Balaban J connectivity index is 1.46. The molecule has 0 aliphatic rings. The Morgan fingerprint density at radius 3 is 2.45 bits per heavy atom. The Morgan fingerprint density at radius 2 is 1.77 bits per heavy atom. The fraction of sp³-hybridized carbons (Fsp3) is 0.217. The first-order chi connectivity index (χ1) is 14.9. The van der Waals surface area contributed by atoms with Gasteiger partial charge >= 0.3 is 0 Å². The fourth-order valence-corrected chi connectivity index (χ4v) is 3.27. The molecule has 1 amide bonds. The fourth-order valence-electron chi connectivity index (χ4n) is 3.27. The number of amides is 1. The monoisotopic (exact) mass is 416 g/mol. The van der Waals surface area contributed by atoms with Gasteiger partial charge in [0.05, 0.1) is 18.2 Å². The molecule has 0 bridgehead atoms. The number of aromatic nitrogens is 4. The molecule has 4 rings (SSSR count). The highest BCUT2D eigenvalue weighted by atomic mass is 16.2. The maximum atomic E-state index is 12.8. The Hall–Kier alpha value is -3.94. The van der Waals surface area contributed by atoms with Crippen LogP contribution in [0.15, 0.2) is 65.8 Å². The molecule has 2 aromatic carbocycles. The minimum atomic E-state index is -0.216. The summed E-state index contributed by atoms with van der Waals surface area (Å²) in [5, 5.41) is 7.60. The van der Waals surface area contributed by atoms with Crippen molar-refractivity contribution in [3.63, 3.8) is 0 Å². The highest BCUT2D eigenvalue weighted by molar-refractivity contribution is 5.90. The zero-order chi connectivity index (χ0) is 22.0. The summed E-state index contributed by atoms with van der Waals surface area (Å²) in [7, 11) is 3.92. The average molecular weight is 416 g/mol. The molecule has 8 heteroatoms.